The monoisotopic (exact) mass is 324 g/mol. The lowest BCUT2D eigenvalue weighted by Crippen LogP contribution is -2.08. The predicted molar refractivity (Wildman–Crippen MR) is 98.2 cm³/mol. The molecule has 1 N–H and O–H groups in total. The van der Waals surface area contributed by atoms with Crippen molar-refractivity contribution in [3.63, 3.8) is 0 Å². The van der Waals surface area contributed by atoms with Crippen molar-refractivity contribution in [3.8, 4) is 0 Å². The second-order valence-electron chi connectivity index (χ2n) is 6.22. The van der Waals surface area contributed by atoms with Gasteiger partial charge in [0.15, 0.2) is 0 Å². The lowest BCUT2D eigenvalue weighted by molar-refractivity contribution is 0.917. The van der Waals surface area contributed by atoms with Gasteiger partial charge in [-0.25, -0.2) is 9.97 Å². The Morgan fingerprint density at radius 2 is 1.87 bits per heavy atom. The summed E-state index contributed by atoms with van der Waals surface area (Å²) >= 11 is 1.83. The van der Waals surface area contributed by atoms with Gasteiger partial charge in [-0.15, -0.1) is 11.3 Å². The lowest BCUT2D eigenvalue weighted by atomic mass is 10.2. The smallest absolute Gasteiger partial charge is 0.143 e. The van der Waals surface area contributed by atoms with Gasteiger partial charge in [-0.3, -0.25) is 0 Å². The summed E-state index contributed by atoms with van der Waals surface area (Å²) in [6.07, 6.45) is 3.59. The molecule has 0 radical (unpaired) electrons. The average Bonchev–Trinajstić information content (AvgIpc) is 3.07. The third kappa shape index (κ3) is 2.55. The highest BCUT2D eigenvalue weighted by Gasteiger charge is 2.21. The fourth-order valence-corrected chi connectivity index (χ4v) is 4.48. The molecular formula is C18H20N4S. The Labute approximate surface area is 140 Å². The lowest BCUT2D eigenvalue weighted by Gasteiger charge is -2.14. The fourth-order valence-electron chi connectivity index (χ4n) is 3.17. The van der Waals surface area contributed by atoms with Gasteiger partial charge in [0, 0.05) is 30.3 Å². The molecule has 3 aromatic rings. The first-order valence-electron chi connectivity index (χ1n) is 7.95. The van der Waals surface area contributed by atoms with Gasteiger partial charge < -0.3 is 10.2 Å². The van der Waals surface area contributed by atoms with Crippen molar-refractivity contribution in [2.24, 2.45) is 0 Å². The highest BCUT2D eigenvalue weighted by Crippen LogP contribution is 2.40. The number of aryl methyl sites for hydroxylation is 3. The number of nitrogens with one attached hydrogen (secondary N) is 1. The molecule has 4 nitrogen and oxygen atoms in total. The van der Waals surface area contributed by atoms with Crippen LogP contribution >= 0.6 is 11.3 Å². The largest absolute Gasteiger partial charge is 0.378 e. The van der Waals surface area contributed by atoms with Crippen LogP contribution in [0.5, 0.6) is 0 Å². The zero-order chi connectivity index (χ0) is 16.0. The first-order chi connectivity index (χ1) is 11.1. The summed E-state index contributed by atoms with van der Waals surface area (Å²) in [6.45, 7) is 1.96. The summed E-state index contributed by atoms with van der Waals surface area (Å²) in [5, 5.41) is 4.73. The van der Waals surface area contributed by atoms with Gasteiger partial charge in [-0.05, 0) is 56.0 Å². The van der Waals surface area contributed by atoms with E-state index in [2.05, 4.69) is 58.5 Å². The summed E-state index contributed by atoms with van der Waals surface area (Å²) < 4.78 is 0. The first-order valence-corrected chi connectivity index (χ1v) is 8.77. The number of anilines is 3. The summed E-state index contributed by atoms with van der Waals surface area (Å²) in [4.78, 5) is 14.0. The maximum absolute atomic E-state index is 4.68. The zero-order valence-corrected chi connectivity index (χ0v) is 14.5. The van der Waals surface area contributed by atoms with Crippen molar-refractivity contribution in [2.75, 3.05) is 24.3 Å². The third-order valence-electron chi connectivity index (χ3n) is 4.32. The van der Waals surface area contributed by atoms with Gasteiger partial charge in [0.05, 0.1) is 5.39 Å². The second-order valence-corrected chi connectivity index (χ2v) is 7.31. The van der Waals surface area contributed by atoms with Gasteiger partial charge in [-0.2, -0.15) is 0 Å². The van der Waals surface area contributed by atoms with Crippen LogP contribution in [0.2, 0.25) is 0 Å². The summed E-state index contributed by atoms with van der Waals surface area (Å²) in [7, 11) is 4.10. The van der Waals surface area contributed by atoms with Crippen LogP contribution in [0.4, 0.5) is 17.2 Å². The Balaban J connectivity index is 1.76. The fraction of sp³-hybridized carbons (Fsp3) is 0.333. The molecule has 118 valence electrons. The Morgan fingerprint density at radius 1 is 1.09 bits per heavy atom. The maximum atomic E-state index is 4.68. The van der Waals surface area contributed by atoms with Crippen molar-refractivity contribution in [1.29, 1.82) is 0 Å². The minimum Gasteiger partial charge on any atom is -0.378 e. The summed E-state index contributed by atoms with van der Waals surface area (Å²) in [5.41, 5.74) is 3.71. The number of hydrogen-bond acceptors (Lipinski definition) is 5. The normalized spacial score (nSPS) is 13.3. The Morgan fingerprint density at radius 3 is 2.61 bits per heavy atom. The molecule has 2 heterocycles. The molecule has 0 saturated carbocycles. The molecule has 0 amide bonds. The standard InChI is InChI=1S/C18H20N4S/c1-11-19-17(21-12-7-9-13(10-8-12)22(2)3)16-14-5-4-6-15(14)23-18(16)20-11/h7-10H,4-6H2,1-3H3,(H,19,20,21). The minimum atomic E-state index is 0.824. The van der Waals surface area contributed by atoms with Crippen LogP contribution in [-0.2, 0) is 12.8 Å². The van der Waals surface area contributed by atoms with E-state index in [-0.39, 0.29) is 0 Å². The quantitative estimate of drug-likeness (QED) is 0.780. The molecule has 1 aliphatic carbocycles. The molecule has 1 aromatic carbocycles. The van der Waals surface area contributed by atoms with E-state index in [9.17, 15) is 0 Å². The molecule has 0 fully saturated rings. The molecule has 0 saturated heterocycles. The van der Waals surface area contributed by atoms with E-state index in [1.54, 1.807) is 0 Å². The predicted octanol–water partition coefficient (Wildman–Crippen LogP) is 4.30. The van der Waals surface area contributed by atoms with Gasteiger partial charge in [0.25, 0.3) is 0 Å². The van der Waals surface area contributed by atoms with Crippen molar-refractivity contribution in [1.82, 2.24) is 9.97 Å². The van der Waals surface area contributed by atoms with Gasteiger partial charge in [-0.1, -0.05) is 0 Å². The van der Waals surface area contributed by atoms with Crippen LogP contribution in [0.1, 0.15) is 22.7 Å². The highest BCUT2D eigenvalue weighted by atomic mass is 32.1. The number of nitrogens with zero attached hydrogens (tertiary/aromatic N) is 3. The third-order valence-corrected chi connectivity index (χ3v) is 5.51. The van der Waals surface area contributed by atoms with Crippen LogP contribution < -0.4 is 10.2 Å². The topological polar surface area (TPSA) is 41.1 Å². The van der Waals surface area contributed by atoms with E-state index in [0.717, 1.165) is 28.6 Å². The minimum absolute atomic E-state index is 0.824. The number of hydrogen-bond donors (Lipinski definition) is 1. The first kappa shape index (κ1) is 14.5. The van der Waals surface area contributed by atoms with E-state index in [1.165, 1.54) is 34.4 Å². The van der Waals surface area contributed by atoms with Gasteiger partial charge >= 0.3 is 0 Å². The zero-order valence-electron chi connectivity index (χ0n) is 13.7. The van der Waals surface area contributed by atoms with E-state index >= 15 is 0 Å². The molecular weight excluding hydrogens is 304 g/mol. The number of aromatic nitrogens is 2. The van der Waals surface area contributed by atoms with Gasteiger partial charge in [0.2, 0.25) is 0 Å². The molecule has 0 spiro atoms. The number of benzene rings is 1. The van der Waals surface area contributed by atoms with E-state index < -0.39 is 0 Å². The van der Waals surface area contributed by atoms with E-state index in [1.807, 2.05) is 18.3 Å². The van der Waals surface area contributed by atoms with Gasteiger partial charge in [0.1, 0.15) is 16.5 Å². The molecule has 0 bridgehead atoms. The average molecular weight is 324 g/mol. The molecule has 1 aliphatic rings. The highest BCUT2D eigenvalue weighted by molar-refractivity contribution is 7.19. The molecule has 23 heavy (non-hydrogen) atoms. The van der Waals surface area contributed by atoms with E-state index in [0.29, 0.717) is 0 Å². The number of rotatable bonds is 3. The molecule has 0 aliphatic heterocycles. The molecule has 5 heteroatoms. The second kappa shape index (κ2) is 5.49. The van der Waals surface area contributed by atoms with Crippen molar-refractivity contribution < 1.29 is 0 Å². The summed E-state index contributed by atoms with van der Waals surface area (Å²) in [5.74, 6) is 1.77. The summed E-state index contributed by atoms with van der Waals surface area (Å²) in [6, 6.07) is 8.44. The van der Waals surface area contributed by atoms with Crippen molar-refractivity contribution in [2.45, 2.75) is 26.2 Å². The maximum Gasteiger partial charge on any atom is 0.143 e. The van der Waals surface area contributed by atoms with Crippen LogP contribution in [-0.4, -0.2) is 24.1 Å². The molecule has 4 rings (SSSR count). The van der Waals surface area contributed by atoms with Crippen molar-refractivity contribution >= 4 is 38.7 Å². The van der Waals surface area contributed by atoms with Crippen LogP contribution in [0.25, 0.3) is 10.2 Å². The Bertz CT molecular complexity index is 865. The van der Waals surface area contributed by atoms with E-state index in [4.69, 9.17) is 0 Å². The molecule has 0 atom stereocenters. The Hall–Kier alpha value is -2.14. The number of fused-ring (bicyclic) bond motifs is 3. The molecule has 0 unspecified atom stereocenters. The van der Waals surface area contributed by atoms with Crippen molar-refractivity contribution in [3.05, 3.63) is 40.5 Å². The Kier molecular flexibility index (Phi) is 3.45. The number of thiophene rings is 1. The van der Waals surface area contributed by atoms with Crippen LogP contribution in [0, 0.1) is 6.92 Å². The molecule has 2 aromatic heterocycles. The van der Waals surface area contributed by atoms with Crippen LogP contribution in [0.15, 0.2) is 24.3 Å². The van der Waals surface area contributed by atoms with Crippen LogP contribution in [0.3, 0.4) is 0 Å². The SMILES string of the molecule is Cc1nc(Nc2ccc(N(C)C)cc2)c2c3c(sc2n1)CCC3.